The molecule has 1 atom stereocenters. The van der Waals surface area contributed by atoms with Crippen molar-refractivity contribution in [2.45, 2.75) is 38.6 Å². The number of amides is 2. The van der Waals surface area contributed by atoms with Crippen LogP contribution in [0.5, 0.6) is 0 Å². The SMILES string of the molecule is CCOCCN(C)C(=O)N1CCCC1(CC)C(=O)O. The molecule has 110 valence electrons. The van der Waals surface area contributed by atoms with Crippen LogP contribution in [-0.4, -0.2) is 65.8 Å². The van der Waals surface area contributed by atoms with Crippen LogP contribution in [-0.2, 0) is 9.53 Å². The van der Waals surface area contributed by atoms with Crippen LogP contribution in [0.15, 0.2) is 0 Å². The van der Waals surface area contributed by atoms with Crippen molar-refractivity contribution < 1.29 is 19.4 Å². The zero-order chi connectivity index (χ0) is 14.5. The van der Waals surface area contributed by atoms with Crippen molar-refractivity contribution >= 4 is 12.0 Å². The molecule has 1 fully saturated rings. The highest BCUT2D eigenvalue weighted by atomic mass is 16.5. The van der Waals surface area contributed by atoms with Gasteiger partial charge in [-0.2, -0.15) is 0 Å². The summed E-state index contributed by atoms with van der Waals surface area (Å²) in [5.74, 6) is -0.904. The zero-order valence-electron chi connectivity index (χ0n) is 12.0. The number of hydrogen-bond acceptors (Lipinski definition) is 3. The van der Waals surface area contributed by atoms with E-state index in [0.717, 1.165) is 6.42 Å². The third kappa shape index (κ3) is 3.18. The molecule has 0 aromatic rings. The molecule has 6 nitrogen and oxygen atoms in total. The Morgan fingerprint density at radius 2 is 2.11 bits per heavy atom. The maximum absolute atomic E-state index is 12.4. The first kappa shape index (κ1) is 15.8. The minimum absolute atomic E-state index is 0.221. The van der Waals surface area contributed by atoms with Crippen molar-refractivity contribution in [1.82, 2.24) is 9.80 Å². The van der Waals surface area contributed by atoms with Gasteiger partial charge in [0, 0.05) is 26.7 Å². The van der Waals surface area contributed by atoms with Crippen molar-refractivity contribution in [3.05, 3.63) is 0 Å². The molecule has 0 aromatic carbocycles. The average molecular weight is 272 g/mol. The van der Waals surface area contributed by atoms with E-state index in [9.17, 15) is 14.7 Å². The second kappa shape index (κ2) is 6.75. The Hall–Kier alpha value is -1.30. The third-order valence-electron chi connectivity index (χ3n) is 3.80. The number of nitrogens with zero attached hydrogens (tertiary/aromatic N) is 2. The average Bonchev–Trinajstić information content (AvgIpc) is 2.82. The zero-order valence-corrected chi connectivity index (χ0v) is 12.0. The van der Waals surface area contributed by atoms with Crippen LogP contribution in [0.1, 0.15) is 33.1 Å². The third-order valence-corrected chi connectivity index (χ3v) is 3.80. The Morgan fingerprint density at radius 1 is 1.42 bits per heavy atom. The Bertz CT molecular complexity index is 335. The van der Waals surface area contributed by atoms with Crippen molar-refractivity contribution in [3.8, 4) is 0 Å². The maximum atomic E-state index is 12.4. The van der Waals surface area contributed by atoms with Gasteiger partial charge >= 0.3 is 12.0 Å². The smallest absolute Gasteiger partial charge is 0.329 e. The first-order valence-corrected chi connectivity index (χ1v) is 6.83. The van der Waals surface area contributed by atoms with Crippen LogP contribution in [0.25, 0.3) is 0 Å². The summed E-state index contributed by atoms with van der Waals surface area (Å²) in [6.45, 7) is 5.79. The number of rotatable bonds is 6. The molecule has 1 unspecified atom stereocenters. The fourth-order valence-corrected chi connectivity index (χ4v) is 2.55. The van der Waals surface area contributed by atoms with E-state index < -0.39 is 11.5 Å². The molecule has 1 N–H and O–H groups in total. The first-order chi connectivity index (χ1) is 8.99. The van der Waals surface area contributed by atoms with Crippen molar-refractivity contribution in [2.75, 3.05) is 33.4 Å². The van der Waals surface area contributed by atoms with Gasteiger partial charge in [-0.3, -0.25) is 0 Å². The van der Waals surface area contributed by atoms with Crippen LogP contribution < -0.4 is 0 Å². The molecular weight excluding hydrogens is 248 g/mol. The van der Waals surface area contributed by atoms with E-state index in [1.165, 1.54) is 9.80 Å². The van der Waals surface area contributed by atoms with Gasteiger partial charge in [-0.1, -0.05) is 6.92 Å². The number of carboxylic acids is 1. The van der Waals surface area contributed by atoms with E-state index in [1.54, 1.807) is 7.05 Å². The van der Waals surface area contributed by atoms with Gasteiger partial charge in [-0.05, 0) is 26.2 Å². The molecule has 1 aliphatic heterocycles. The van der Waals surface area contributed by atoms with Crippen molar-refractivity contribution in [2.24, 2.45) is 0 Å². The first-order valence-electron chi connectivity index (χ1n) is 6.83. The monoisotopic (exact) mass is 272 g/mol. The molecular formula is C13H24N2O4. The predicted molar refractivity (Wildman–Crippen MR) is 71.1 cm³/mol. The summed E-state index contributed by atoms with van der Waals surface area (Å²) in [7, 11) is 1.68. The fraction of sp³-hybridized carbons (Fsp3) is 0.846. The number of likely N-dealkylation sites (tertiary alicyclic amines) is 1. The number of aliphatic carboxylic acids is 1. The molecule has 1 rings (SSSR count). The van der Waals surface area contributed by atoms with E-state index in [-0.39, 0.29) is 6.03 Å². The molecule has 1 heterocycles. The van der Waals surface area contributed by atoms with Crippen LogP contribution in [0.4, 0.5) is 4.79 Å². The molecule has 0 aromatic heterocycles. The van der Waals surface area contributed by atoms with Gasteiger partial charge in [0.05, 0.1) is 6.61 Å². The van der Waals surface area contributed by atoms with Gasteiger partial charge in [-0.25, -0.2) is 9.59 Å². The van der Waals surface area contributed by atoms with Crippen LogP contribution in [0.3, 0.4) is 0 Å². The lowest BCUT2D eigenvalue weighted by Crippen LogP contribution is -2.56. The van der Waals surface area contributed by atoms with E-state index >= 15 is 0 Å². The van der Waals surface area contributed by atoms with Crippen LogP contribution in [0, 0.1) is 0 Å². The van der Waals surface area contributed by atoms with Crippen molar-refractivity contribution in [1.29, 1.82) is 0 Å². The number of urea groups is 1. The van der Waals surface area contributed by atoms with Gasteiger partial charge in [0.15, 0.2) is 0 Å². The standard InChI is InChI=1S/C13H24N2O4/c1-4-13(11(16)17)7-6-8-15(13)12(18)14(3)9-10-19-5-2/h4-10H2,1-3H3,(H,16,17). The fourth-order valence-electron chi connectivity index (χ4n) is 2.55. The molecule has 0 bridgehead atoms. The summed E-state index contributed by atoms with van der Waals surface area (Å²) >= 11 is 0. The number of hydrogen-bond donors (Lipinski definition) is 1. The molecule has 0 saturated carbocycles. The van der Waals surface area contributed by atoms with Gasteiger partial charge in [0.25, 0.3) is 0 Å². The number of carbonyl (C=O) groups is 2. The quantitative estimate of drug-likeness (QED) is 0.742. The summed E-state index contributed by atoms with van der Waals surface area (Å²) < 4.78 is 5.21. The molecule has 1 aliphatic rings. The van der Waals surface area contributed by atoms with Gasteiger partial charge in [-0.15, -0.1) is 0 Å². The lowest BCUT2D eigenvalue weighted by Gasteiger charge is -2.36. The van der Waals surface area contributed by atoms with Gasteiger partial charge in [0.2, 0.25) is 0 Å². The largest absolute Gasteiger partial charge is 0.479 e. The Balaban J connectivity index is 2.71. The molecule has 19 heavy (non-hydrogen) atoms. The van der Waals surface area contributed by atoms with Crippen LogP contribution >= 0.6 is 0 Å². The second-order valence-corrected chi connectivity index (χ2v) is 4.85. The molecule has 0 radical (unpaired) electrons. The second-order valence-electron chi connectivity index (χ2n) is 4.85. The molecule has 6 heteroatoms. The van der Waals surface area contributed by atoms with Crippen molar-refractivity contribution in [3.63, 3.8) is 0 Å². The van der Waals surface area contributed by atoms with Gasteiger partial charge < -0.3 is 19.6 Å². The molecule has 0 aliphatic carbocycles. The number of carbonyl (C=O) groups excluding carboxylic acids is 1. The summed E-state index contributed by atoms with van der Waals surface area (Å²) in [5.41, 5.74) is -1.03. The van der Waals surface area contributed by atoms with E-state index in [2.05, 4.69) is 0 Å². The Morgan fingerprint density at radius 3 is 2.63 bits per heavy atom. The Kier molecular flexibility index (Phi) is 5.60. The topological polar surface area (TPSA) is 70.1 Å². The summed E-state index contributed by atoms with van der Waals surface area (Å²) in [5, 5.41) is 9.44. The highest BCUT2D eigenvalue weighted by molar-refractivity contribution is 5.87. The summed E-state index contributed by atoms with van der Waals surface area (Å²) in [6, 6.07) is -0.221. The van der Waals surface area contributed by atoms with E-state index in [1.807, 2.05) is 13.8 Å². The lowest BCUT2D eigenvalue weighted by molar-refractivity contribution is -0.148. The minimum atomic E-state index is -1.03. The number of carboxylic acid groups (broad SMARTS) is 1. The number of likely N-dealkylation sites (N-methyl/N-ethyl adjacent to an activating group) is 1. The maximum Gasteiger partial charge on any atom is 0.329 e. The van der Waals surface area contributed by atoms with E-state index in [0.29, 0.717) is 39.1 Å². The summed E-state index contributed by atoms with van der Waals surface area (Å²) in [6.07, 6.45) is 1.71. The normalized spacial score (nSPS) is 22.6. The molecule has 0 spiro atoms. The number of ether oxygens (including phenoxy) is 1. The van der Waals surface area contributed by atoms with Gasteiger partial charge in [0.1, 0.15) is 5.54 Å². The van der Waals surface area contributed by atoms with E-state index in [4.69, 9.17) is 4.74 Å². The molecule has 1 saturated heterocycles. The summed E-state index contributed by atoms with van der Waals surface area (Å²) in [4.78, 5) is 26.9. The minimum Gasteiger partial charge on any atom is -0.479 e. The highest BCUT2D eigenvalue weighted by Crippen LogP contribution is 2.33. The highest BCUT2D eigenvalue weighted by Gasteiger charge is 2.49. The predicted octanol–water partition coefficient (Wildman–Crippen LogP) is 1.40. The lowest BCUT2D eigenvalue weighted by atomic mass is 9.93. The molecule has 2 amide bonds. The van der Waals surface area contributed by atoms with Crippen LogP contribution in [0.2, 0.25) is 0 Å². The Labute approximate surface area is 114 Å².